The van der Waals surface area contributed by atoms with Gasteiger partial charge in [0.25, 0.3) is 0 Å². The molecule has 4 aliphatic rings. The van der Waals surface area contributed by atoms with Gasteiger partial charge < -0.3 is 9.80 Å². The third-order valence-corrected chi connectivity index (χ3v) is 22.0. The van der Waals surface area contributed by atoms with E-state index in [2.05, 4.69) is 344 Å². The average molecular weight is 1180 g/mol. The van der Waals surface area contributed by atoms with Gasteiger partial charge in [-0.25, -0.2) is 0 Å². The van der Waals surface area contributed by atoms with Gasteiger partial charge in [-0.1, -0.05) is 237 Å². The van der Waals surface area contributed by atoms with E-state index in [-0.39, 0.29) is 21.7 Å². The molecule has 0 heterocycles. The number of anilines is 6. The molecule has 0 saturated heterocycles. The van der Waals surface area contributed by atoms with E-state index in [4.69, 9.17) is 0 Å². The van der Waals surface area contributed by atoms with Crippen LogP contribution in [0.3, 0.4) is 0 Å². The standard InChI is InChI=1S/C90H70N2/c1-87(2)78-33-21-19-29-66(78)70-43-37-60(51-82(70)87)91(58-23-11-9-12-24-58)62-39-45-72-68-41-35-55(49-80(68)89(5,6)84(72)53-62)76-47-57-48-77(65-28-16-18-32-75(65)86(57)74-31-17-15-27-64(74)76)56-36-42-69-73-46-40-63(54-85(73)90(7,8)81(69)50-56)92(59-25-13-10-14-26-59)61-38-44-71-67-30-20-22-34-79(67)88(3,4)83(71)52-61/h9-54H,1-8H3. The second-order valence-corrected chi connectivity index (χ2v) is 28.4. The normalized spacial score (nSPS) is 15.1. The van der Waals surface area contributed by atoms with Crippen LogP contribution in [-0.4, -0.2) is 0 Å². The monoisotopic (exact) mass is 1180 g/mol. The first kappa shape index (κ1) is 54.4. The van der Waals surface area contributed by atoms with Gasteiger partial charge in [0, 0.05) is 55.8 Å². The molecule has 4 aliphatic carbocycles. The first-order chi connectivity index (χ1) is 44.6. The zero-order valence-corrected chi connectivity index (χ0v) is 53.5. The van der Waals surface area contributed by atoms with Gasteiger partial charge >= 0.3 is 0 Å². The van der Waals surface area contributed by atoms with Crippen LogP contribution in [0, 0.1) is 0 Å². The highest BCUT2D eigenvalue weighted by atomic mass is 15.1. The third kappa shape index (κ3) is 7.74. The zero-order chi connectivity index (χ0) is 62.2. The first-order valence-electron chi connectivity index (χ1n) is 32.8. The van der Waals surface area contributed by atoms with Crippen molar-refractivity contribution in [3.8, 4) is 66.8 Å². The molecule has 14 aromatic rings. The molecule has 0 spiro atoms. The summed E-state index contributed by atoms with van der Waals surface area (Å²) < 4.78 is 0. The smallest absolute Gasteiger partial charge is 0.0465 e. The van der Waals surface area contributed by atoms with Crippen molar-refractivity contribution in [1.82, 2.24) is 0 Å². The molecule has 0 amide bonds. The van der Waals surface area contributed by atoms with E-state index < -0.39 is 0 Å². The Morgan fingerprint density at radius 1 is 0.196 bits per heavy atom. The van der Waals surface area contributed by atoms with E-state index in [0.717, 1.165) is 22.7 Å². The molecule has 440 valence electrons. The molecule has 0 saturated carbocycles. The Balaban J connectivity index is 0.715. The first-order valence-corrected chi connectivity index (χ1v) is 32.8. The van der Waals surface area contributed by atoms with Crippen molar-refractivity contribution in [2.24, 2.45) is 0 Å². The third-order valence-electron chi connectivity index (χ3n) is 22.0. The van der Waals surface area contributed by atoms with Gasteiger partial charge in [-0.2, -0.15) is 0 Å². The predicted octanol–water partition coefficient (Wildman–Crippen LogP) is 24.6. The molecule has 0 unspecified atom stereocenters. The second-order valence-electron chi connectivity index (χ2n) is 28.4. The largest absolute Gasteiger partial charge is 0.310 e. The van der Waals surface area contributed by atoms with Crippen LogP contribution < -0.4 is 9.80 Å². The van der Waals surface area contributed by atoms with Crippen LogP contribution in [0.25, 0.3) is 99.1 Å². The van der Waals surface area contributed by atoms with Crippen molar-refractivity contribution in [2.45, 2.75) is 77.0 Å². The van der Waals surface area contributed by atoms with Gasteiger partial charge in [-0.3, -0.25) is 0 Å². The van der Waals surface area contributed by atoms with E-state index in [1.807, 2.05) is 0 Å². The highest BCUT2D eigenvalue weighted by Gasteiger charge is 2.41. The molecule has 2 heteroatoms. The lowest BCUT2D eigenvalue weighted by molar-refractivity contribution is 0.660. The molecular weight excluding hydrogens is 1110 g/mol. The minimum absolute atomic E-state index is 0.110. The van der Waals surface area contributed by atoms with Crippen LogP contribution in [0.4, 0.5) is 34.1 Å². The fourth-order valence-corrected chi connectivity index (χ4v) is 17.2. The molecule has 0 aliphatic heterocycles. The van der Waals surface area contributed by atoms with Crippen molar-refractivity contribution in [3.63, 3.8) is 0 Å². The minimum atomic E-state index is -0.270. The summed E-state index contributed by atoms with van der Waals surface area (Å²) in [6.07, 6.45) is 0. The molecule has 92 heavy (non-hydrogen) atoms. The van der Waals surface area contributed by atoms with Crippen LogP contribution in [0.15, 0.2) is 279 Å². The molecule has 2 nitrogen and oxygen atoms in total. The maximum atomic E-state index is 2.51. The Labute approximate surface area is 540 Å². The Morgan fingerprint density at radius 2 is 0.467 bits per heavy atom. The summed E-state index contributed by atoms with van der Waals surface area (Å²) in [5, 5.41) is 7.61. The summed E-state index contributed by atoms with van der Waals surface area (Å²) in [6, 6.07) is 106. The number of hydrogen-bond donors (Lipinski definition) is 0. The van der Waals surface area contributed by atoms with Crippen molar-refractivity contribution in [3.05, 3.63) is 324 Å². The Hall–Kier alpha value is -10.5. The van der Waals surface area contributed by atoms with Gasteiger partial charge in [0.2, 0.25) is 0 Å². The summed E-state index contributed by atoms with van der Waals surface area (Å²) in [7, 11) is 0. The molecule has 0 radical (unpaired) electrons. The number of rotatable bonds is 8. The van der Waals surface area contributed by atoms with Crippen LogP contribution in [-0.2, 0) is 21.7 Å². The summed E-state index contributed by atoms with van der Waals surface area (Å²) in [6.45, 7) is 19.2. The highest BCUT2D eigenvalue weighted by molar-refractivity contribution is 6.26. The molecule has 0 bridgehead atoms. The summed E-state index contributed by atoms with van der Waals surface area (Å²) in [5.41, 5.74) is 32.6. The van der Waals surface area contributed by atoms with Crippen molar-refractivity contribution in [2.75, 3.05) is 9.80 Å². The van der Waals surface area contributed by atoms with Crippen LogP contribution in [0.5, 0.6) is 0 Å². The predicted molar refractivity (Wildman–Crippen MR) is 389 cm³/mol. The number of para-hydroxylation sites is 2. The quantitative estimate of drug-likeness (QED) is 0.140. The summed E-state index contributed by atoms with van der Waals surface area (Å²) in [4.78, 5) is 4.91. The SMILES string of the molecule is CC1(C)c2ccccc2-c2ccc(N(c3ccccc3)c3ccc4c(c3)C(C)(C)c3cc(-c5cc6cc(-c7ccc8c(c7)C(C)(C)c7cc(N(c9ccccc9)c9ccc%10c(c9)C(C)(C)c9ccccc9-%10)ccc7-8)c7ccccc7c6c6ccccc56)ccc3-4)cc21. The van der Waals surface area contributed by atoms with Crippen LogP contribution in [0.2, 0.25) is 0 Å². The topological polar surface area (TPSA) is 6.48 Å². The Morgan fingerprint density at radius 3 is 0.826 bits per heavy atom. The zero-order valence-electron chi connectivity index (χ0n) is 53.5. The molecule has 18 rings (SSSR count). The van der Waals surface area contributed by atoms with E-state index in [9.17, 15) is 0 Å². The fourth-order valence-electron chi connectivity index (χ4n) is 17.2. The van der Waals surface area contributed by atoms with E-state index in [0.29, 0.717) is 0 Å². The van der Waals surface area contributed by atoms with Crippen LogP contribution >= 0.6 is 0 Å². The summed E-state index contributed by atoms with van der Waals surface area (Å²) >= 11 is 0. The second kappa shape index (κ2) is 19.5. The molecule has 0 N–H and O–H groups in total. The Kier molecular flexibility index (Phi) is 11.5. The lowest BCUT2D eigenvalue weighted by Gasteiger charge is -2.29. The van der Waals surface area contributed by atoms with Gasteiger partial charge in [-0.15, -0.1) is 0 Å². The lowest BCUT2D eigenvalue weighted by atomic mass is 9.80. The van der Waals surface area contributed by atoms with E-state index in [1.54, 1.807) is 0 Å². The number of hydrogen-bond acceptors (Lipinski definition) is 2. The number of nitrogens with zero attached hydrogens (tertiary/aromatic N) is 2. The van der Waals surface area contributed by atoms with Gasteiger partial charge in [0.15, 0.2) is 0 Å². The molecule has 0 fully saturated rings. The van der Waals surface area contributed by atoms with Gasteiger partial charge in [0.1, 0.15) is 0 Å². The maximum Gasteiger partial charge on any atom is 0.0465 e. The molecule has 14 aromatic carbocycles. The molecule has 0 atom stereocenters. The minimum Gasteiger partial charge on any atom is -0.310 e. The van der Waals surface area contributed by atoms with E-state index in [1.165, 1.54) is 155 Å². The maximum absolute atomic E-state index is 2.51. The van der Waals surface area contributed by atoms with Crippen molar-refractivity contribution >= 4 is 66.4 Å². The highest BCUT2D eigenvalue weighted by Crippen LogP contribution is 2.57. The van der Waals surface area contributed by atoms with Gasteiger partial charge in [0.05, 0.1) is 0 Å². The fraction of sp³-hybridized carbons (Fsp3) is 0.133. The van der Waals surface area contributed by atoms with E-state index >= 15 is 0 Å². The lowest BCUT2D eigenvalue weighted by Crippen LogP contribution is -2.18. The number of fused-ring (bicyclic) bond motifs is 17. The van der Waals surface area contributed by atoms with Crippen molar-refractivity contribution in [1.29, 1.82) is 0 Å². The molecular formula is C90H70N2. The average Bonchev–Trinajstić information content (AvgIpc) is 1.14. The van der Waals surface area contributed by atoms with Crippen molar-refractivity contribution < 1.29 is 0 Å². The van der Waals surface area contributed by atoms with Crippen LogP contribution in [0.1, 0.15) is 99.9 Å². The summed E-state index contributed by atoms with van der Waals surface area (Å²) in [5.74, 6) is 0. The molecule has 0 aromatic heterocycles. The van der Waals surface area contributed by atoms with Gasteiger partial charge in [-0.05, 0) is 241 Å². The number of benzene rings is 14. The Bertz CT molecular complexity index is 5130.